The van der Waals surface area contributed by atoms with E-state index >= 15 is 0 Å². The first-order valence-corrected chi connectivity index (χ1v) is 10.4. The van der Waals surface area contributed by atoms with E-state index in [1.54, 1.807) is 7.05 Å². The van der Waals surface area contributed by atoms with E-state index in [-0.39, 0.29) is 5.91 Å². The van der Waals surface area contributed by atoms with Gasteiger partial charge in [-0.2, -0.15) is 4.98 Å². The second-order valence-corrected chi connectivity index (χ2v) is 7.80. The number of amides is 1. The van der Waals surface area contributed by atoms with E-state index < -0.39 is 0 Å². The Bertz CT molecular complexity index is 1480. The first kappa shape index (κ1) is 20.6. The third kappa shape index (κ3) is 3.78. The summed E-state index contributed by atoms with van der Waals surface area (Å²) in [4.78, 5) is 20.8. The van der Waals surface area contributed by atoms with Gasteiger partial charge < -0.3 is 18.8 Å². The molecule has 5 aromatic rings. The van der Waals surface area contributed by atoms with Crippen molar-refractivity contribution in [1.29, 1.82) is 0 Å². The first-order valence-electron chi connectivity index (χ1n) is 10.4. The minimum Gasteiger partial charge on any atom is -0.466 e. The molecule has 33 heavy (non-hydrogen) atoms. The van der Waals surface area contributed by atoms with E-state index in [0.717, 1.165) is 28.2 Å². The molecule has 9 nitrogen and oxygen atoms in total. The second-order valence-electron chi connectivity index (χ2n) is 7.80. The van der Waals surface area contributed by atoms with Crippen molar-refractivity contribution in [3.63, 3.8) is 0 Å². The van der Waals surface area contributed by atoms with Crippen LogP contribution >= 0.6 is 0 Å². The van der Waals surface area contributed by atoms with E-state index in [1.165, 1.54) is 0 Å². The standard InChI is InChI=1S/C24H21N5O4/c1-12-9-17(14(3)31-12)19-11-18(21-13(2)28-33-24(21)26-19)23-27-22(29-32-23)16-7-5-15(6-8-16)10-20(30)25-4/h5-9,11H,10H2,1-4H3,(H,25,30). The van der Waals surface area contributed by atoms with Crippen LogP contribution in [0.25, 0.3) is 45.2 Å². The molecule has 1 aromatic carbocycles. The minimum atomic E-state index is -0.0470. The molecule has 0 spiro atoms. The third-order valence-corrected chi connectivity index (χ3v) is 5.45. The highest BCUT2D eigenvalue weighted by atomic mass is 16.5. The lowest BCUT2D eigenvalue weighted by atomic mass is 10.1. The summed E-state index contributed by atoms with van der Waals surface area (Å²) < 4.78 is 16.8. The SMILES string of the molecule is CNC(=O)Cc1ccc(-c2noc(-c3cc(-c4cc(C)oc4C)nc4onc(C)c34)n2)cc1. The Morgan fingerprint density at radius 1 is 0.970 bits per heavy atom. The molecule has 5 rings (SSSR count). The molecule has 4 aromatic heterocycles. The number of fused-ring (bicyclic) bond motifs is 1. The minimum absolute atomic E-state index is 0.0470. The van der Waals surface area contributed by atoms with Crippen LogP contribution in [0.4, 0.5) is 0 Å². The van der Waals surface area contributed by atoms with Gasteiger partial charge >= 0.3 is 0 Å². The Kier molecular flexibility index (Phi) is 5.01. The van der Waals surface area contributed by atoms with Gasteiger partial charge in [0, 0.05) is 18.2 Å². The topological polar surface area (TPSA) is 120 Å². The van der Waals surface area contributed by atoms with Crippen LogP contribution in [0, 0.1) is 20.8 Å². The zero-order valence-electron chi connectivity index (χ0n) is 18.6. The summed E-state index contributed by atoms with van der Waals surface area (Å²) >= 11 is 0. The molecule has 0 fully saturated rings. The molecule has 0 aliphatic rings. The van der Waals surface area contributed by atoms with E-state index in [9.17, 15) is 4.79 Å². The third-order valence-electron chi connectivity index (χ3n) is 5.45. The van der Waals surface area contributed by atoms with Gasteiger partial charge in [0.2, 0.25) is 11.7 Å². The fourth-order valence-electron chi connectivity index (χ4n) is 3.78. The molecule has 0 saturated heterocycles. The van der Waals surface area contributed by atoms with Crippen molar-refractivity contribution < 1.29 is 18.3 Å². The lowest BCUT2D eigenvalue weighted by molar-refractivity contribution is -0.119. The second kappa shape index (κ2) is 8.01. The molecular weight excluding hydrogens is 422 g/mol. The monoisotopic (exact) mass is 443 g/mol. The number of aryl methyl sites for hydroxylation is 3. The number of pyridine rings is 1. The van der Waals surface area contributed by atoms with E-state index in [2.05, 4.69) is 25.6 Å². The number of carbonyl (C=O) groups excluding carboxylic acids is 1. The van der Waals surface area contributed by atoms with Crippen molar-refractivity contribution >= 4 is 17.0 Å². The highest BCUT2D eigenvalue weighted by Crippen LogP contribution is 2.35. The van der Waals surface area contributed by atoms with E-state index in [0.29, 0.717) is 46.2 Å². The summed E-state index contributed by atoms with van der Waals surface area (Å²) in [6.07, 6.45) is 0.311. The average Bonchev–Trinajstić information content (AvgIpc) is 3.52. The number of furan rings is 1. The van der Waals surface area contributed by atoms with Gasteiger partial charge in [0.05, 0.1) is 28.8 Å². The van der Waals surface area contributed by atoms with Gasteiger partial charge in [-0.15, -0.1) is 0 Å². The molecule has 0 unspecified atom stereocenters. The van der Waals surface area contributed by atoms with Crippen LogP contribution in [-0.4, -0.2) is 33.2 Å². The fourth-order valence-corrected chi connectivity index (χ4v) is 3.78. The van der Waals surface area contributed by atoms with Gasteiger partial charge in [-0.25, -0.2) is 4.98 Å². The molecule has 0 saturated carbocycles. The summed E-state index contributed by atoms with van der Waals surface area (Å²) in [6.45, 7) is 5.61. The van der Waals surface area contributed by atoms with Gasteiger partial charge in [-0.1, -0.05) is 34.6 Å². The van der Waals surface area contributed by atoms with Gasteiger partial charge in [0.1, 0.15) is 11.5 Å². The molecule has 0 aliphatic carbocycles. The lowest BCUT2D eigenvalue weighted by Gasteiger charge is -2.03. The van der Waals surface area contributed by atoms with Gasteiger partial charge in [-0.05, 0) is 38.5 Å². The summed E-state index contributed by atoms with van der Waals surface area (Å²) in [5.41, 5.74) is 4.95. The normalized spacial score (nSPS) is 11.3. The number of hydrogen-bond acceptors (Lipinski definition) is 8. The van der Waals surface area contributed by atoms with Gasteiger partial charge in [0.15, 0.2) is 0 Å². The van der Waals surface area contributed by atoms with Crippen LogP contribution in [0.5, 0.6) is 0 Å². The summed E-state index contributed by atoms with van der Waals surface area (Å²) in [7, 11) is 1.62. The zero-order chi connectivity index (χ0) is 23.1. The van der Waals surface area contributed by atoms with Crippen molar-refractivity contribution in [3.05, 3.63) is 59.2 Å². The number of nitrogens with one attached hydrogen (secondary N) is 1. The number of benzene rings is 1. The average molecular weight is 443 g/mol. The maximum absolute atomic E-state index is 11.6. The van der Waals surface area contributed by atoms with Crippen LogP contribution in [0.2, 0.25) is 0 Å². The fraction of sp³-hybridized carbons (Fsp3) is 0.208. The van der Waals surface area contributed by atoms with Crippen molar-refractivity contribution in [1.82, 2.24) is 25.6 Å². The number of carbonyl (C=O) groups is 1. The smallest absolute Gasteiger partial charge is 0.259 e. The van der Waals surface area contributed by atoms with Crippen molar-refractivity contribution in [2.24, 2.45) is 0 Å². The van der Waals surface area contributed by atoms with Crippen molar-refractivity contribution in [2.75, 3.05) is 7.05 Å². The molecule has 0 radical (unpaired) electrons. The van der Waals surface area contributed by atoms with Gasteiger partial charge in [0.25, 0.3) is 11.6 Å². The number of aromatic nitrogens is 4. The van der Waals surface area contributed by atoms with E-state index in [1.807, 2.05) is 57.2 Å². The predicted molar refractivity (Wildman–Crippen MR) is 120 cm³/mol. The Morgan fingerprint density at radius 2 is 1.76 bits per heavy atom. The number of rotatable bonds is 5. The highest BCUT2D eigenvalue weighted by molar-refractivity contribution is 5.94. The van der Waals surface area contributed by atoms with Crippen molar-refractivity contribution in [2.45, 2.75) is 27.2 Å². The summed E-state index contributed by atoms with van der Waals surface area (Å²) in [5.74, 6) is 2.27. The molecule has 1 N–H and O–H groups in total. The number of likely N-dealkylation sites (N-methyl/N-ethyl adjacent to an activating group) is 1. The molecule has 4 heterocycles. The maximum atomic E-state index is 11.6. The summed E-state index contributed by atoms with van der Waals surface area (Å²) in [5, 5.41) is 11.6. The van der Waals surface area contributed by atoms with Crippen LogP contribution in [0.3, 0.4) is 0 Å². The molecule has 0 atom stereocenters. The van der Waals surface area contributed by atoms with Crippen LogP contribution in [0.15, 0.2) is 49.9 Å². The molecule has 0 aliphatic heterocycles. The molecule has 166 valence electrons. The quantitative estimate of drug-likeness (QED) is 0.424. The highest BCUT2D eigenvalue weighted by Gasteiger charge is 2.22. The zero-order valence-corrected chi connectivity index (χ0v) is 18.6. The molecule has 9 heteroatoms. The van der Waals surface area contributed by atoms with E-state index in [4.69, 9.17) is 13.5 Å². The maximum Gasteiger partial charge on any atom is 0.259 e. The lowest BCUT2D eigenvalue weighted by Crippen LogP contribution is -2.19. The Morgan fingerprint density at radius 3 is 2.45 bits per heavy atom. The summed E-state index contributed by atoms with van der Waals surface area (Å²) in [6, 6.07) is 11.3. The van der Waals surface area contributed by atoms with Crippen molar-refractivity contribution in [3.8, 4) is 34.1 Å². The Hall–Kier alpha value is -4.27. The molecule has 1 amide bonds. The first-order chi connectivity index (χ1) is 15.9. The van der Waals surface area contributed by atoms with Gasteiger partial charge in [-0.3, -0.25) is 4.79 Å². The number of nitrogens with zero attached hydrogens (tertiary/aromatic N) is 4. The largest absolute Gasteiger partial charge is 0.466 e. The molecular formula is C24H21N5O4. The Labute approximate surface area is 188 Å². The Balaban J connectivity index is 1.56. The predicted octanol–water partition coefficient (Wildman–Crippen LogP) is 4.41. The molecule has 0 bridgehead atoms. The van der Waals surface area contributed by atoms with Crippen LogP contribution < -0.4 is 5.32 Å². The van der Waals surface area contributed by atoms with Crippen LogP contribution in [0.1, 0.15) is 22.8 Å². The van der Waals surface area contributed by atoms with Crippen LogP contribution in [-0.2, 0) is 11.2 Å². The number of hydrogen-bond donors (Lipinski definition) is 1.